The molecule has 6 heteroatoms. The van der Waals surface area contributed by atoms with E-state index in [4.69, 9.17) is 11.6 Å². The van der Waals surface area contributed by atoms with Gasteiger partial charge in [0, 0.05) is 27.7 Å². The first-order valence-electron chi connectivity index (χ1n) is 10.0. The number of nitrogens with zero attached hydrogens (tertiary/aromatic N) is 3. The van der Waals surface area contributed by atoms with Crippen molar-refractivity contribution in [2.75, 3.05) is 0 Å². The zero-order valence-electron chi connectivity index (χ0n) is 16.4. The molecule has 5 nitrogen and oxygen atoms in total. The molecule has 4 atom stereocenters. The summed E-state index contributed by atoms with van der Waals surface area (Å²) < 4.78 is 2.09. The standard InChI is InChI=1S/C23H22ClN3O2/c1-13-10-17(14(2)26(13)19-5-3-4-18(24)11-19)12-25-27-22(28)20-15-6-7-16(9-8-15)21(20)23(27)29/h3-7,10-12,15-16,20-21H,8-9H2,1-2H3/b25-12-/t15-,16-,20+,21+/m0/s1. The number of imide groups is 1. The fourth-order valence-corrected chi connectivity index (χ4v) is 5.41. The zero-order valence-corrected chi connectivity index (χ0v) is 17.1. The number of carbonyl (C=O) groups excluding carboxylic acids is 2. The second-order valence-corrected chi connectivity index (χ2v) is 8.65. The minimum atomic E-state index is -0.234. The van der Waals surface area contributed by atoms with Crippen LogP contribution in [0.3, 0.4) is 0 Å². The Kier molecular flexibility index (Phi) is 4.24. The molecular formula is C23H22ClN3O2. The van der Waals surface area contributed by atoms with Crippen LogP contribution in [0.2, 0.25) is 5.02 Å². The van der Waals surface area contributed by atoms with Crippen LogP contribution in [0.1, 0.15) is 29.8 Å². The number of hydrazone groups is 1. The highest BCUT2D eigenvalue weighted by molar-refractivity contribution is 6.30. The Hall–Kier alpha value is -2.66. The summed E-state index contributed by atoms with van der Waals surface area (Å²) >= 11 is 6.15. The van der Waals surface area contributed by atoms with Crippen molar-refractivity contribution in [3.63, 3.8) is 0 Å². The highest BCUT2D eigenvalue weighted by Gasteiger charge is 2.56. The molecule has 2 heterocycles. The van der Waals surface area contributed by atoms with E-state index in [2.05, 4.69) is 21.8 Å². The van der Waals surface area contributed by atoms with Crippen molar-refractivity contribution < 1.29 is 9.59 Å². The van der Waals surface area contributed by atoms with E-state index in [-0.39, 0.29) is 35.5 Å². The largest absolute Gasteiger partial charge is 0.318 e. The monoisotopic (exact) mass is 407 g/mol. The van der Waals surface area contributed by atoms with Crippen molar-refractivity contribution >= 4 is 29.6 Å². The van der Waals surface area contributed by atoms with Crippen LogP contribution in [0.15, 0.2) is 47.6 Å². The van der Waals surface area contributed by atoms with E-state index in [0.717, 1.165) is 40.5 Å². The summed E-state index contributed by atoms with van der Waals surface area (Å²) in [5, 5.41) is 6.13. The lowest BCUT2D eigenvalue weighted by atomic mass is 9.63. The Bertz CT molecular complexity index is 1050. The van der Waals surface area contributed by atoms with E-state index in [0.29, 0.717) is 5.02 Å². The van der Waals surface area contributed by atoms with E-state index in [9.17, 15) is 9.59 Å². The molecule has 3 aliphatic carbocycles. The number of fused-ring (bicyclic) bond motifs is 1. The number of carbonyl (C=O) groups is 2. The second-order valence-electron chi connectivity index (χ2n) is 8.22. The quantitative estimate of drug-likeness (QED) is 0.433. The molecule has 148 valence electrons. The molecule has 0 unspecified atom stereocenters. The van der Waals surface area contributed by atoms with Gasteiger partial charge < -0.3 is 4.57 Å². The van der Waals surface area contributed by atoms with E-state index in [1.165, 1.54) is 0 Å². The molecule has 1 saturated heterocycles. The summed E-state index contributed by atoms with van der Waals surface area (Å²) in [6, 6.07) is 9.66. The Balaban J connectivity index is 1.45. The molecule has 1 aromatic heterocycles. The summed E-state index contributed by atoms with van der Waals surface area (Å²) in [4.78, 5) is 25.8. The summed E-state index contributed by atoms with van der Waals surface area (Å²) in [6.07, 6.45) is 7.84. The van der Waals surface area contributed by atoms with Crippen LogP contribution in [-0.2, 0) is 9.59 Å². The van der Waals surface area contributed by atoms with E-state index in [1.807, 2.05) is 44.2 Å². The molecular weight excluding hydrogens is 386 g/mol. The Morgan fingerprint density at radius 3 is 2.28 bits per heavy atom. The lowest BCUT2D eigenvalue weighted by Crippen LogP contribution is -2.38. The third-order valence-electron chi connectivity index (χ3n) is 6.59. The molecule has 0 radical (unpaired) electrons. The molecule has 1 aliphatic heterocycles. The minimum Gasteiger partial charge on any atom is -0.318 e. The molecule has 4 aliphatic rings. The SMILES string of the molecule is Cc1cc(/C=N\N2C(=O)[C@H]3[C@H](C2=O)[C@H]2C=C[C@H]3CC2)c(C)n1-c1cccc(Cl)c1. The average molecular weight is 408 g/mol. The van der Waals surface area contributed by atoms with Crippen molar-refractivity contribution in [3.8, 4) is 5.69 Å². The number of aromatic nitrogens is 1. The van der Waals surface area contributed by atoms with Gasteiger partial charge in [-0.15, -0.1) is 0 Å². The number of allylic oxidation sites excluding steroid dienone is 2. The van der Waals surface area contributed by atoms with Gasteiger partial charge in [-0.3, -0.25) is 9.59 Å². The fraction of sp³-hybridized carbons (Fsp3) is 0.348. The highest BCUT2D eigenvalue weighted by atomic mass is 35.5. The van der Waals surface area contributed by atoms with Gasteiger partial charge >= 0.3 is 0 Å². The summed E-state index contributed by atoms with van der Waals surface area (Å²) in [5.74, 6) is -0.424. The van der Waals surface area contributed by atoms with Gasteiger partial charge in [-0.1, -0.05) is 29.8 Å². The van der Waals surface area contributed by atoms with Crippen LogP contribution < -0.4 is 0 Å². The van der Waals surface area contributed by atoms with Crippen LogP contribution >= 0.6 is 11.6 Å². The maximum atomic E-state index is 12.9. The fourth-order valence-electron chi connectivity index (χ4n) is 5.22. The van der Waals surface area contributed by atoms with Crippen molar-refractivity contribution in [2.24, 2.45) is 28.8 Å². The lowest BCUT2D eigenvalue weighted by molar-refractivity contribution is -0.140. The number of halogens is 1. The zero-order chi connectivity index (χ0) is 20.3. The molecule has 0 spiro atoms. The van der Waals surface area contributed by atoms with Crippen LogP contribution in [0.25, 0.3) is 5.69 Å². The lowest BCUT2D eigenvalue weighted by Gasteiger charge is -2.37. The Labute approximate surface area is 174 Å². The molecule has 1 saturated carbocycles. The van der Waals surface area contributed by atoms with Crippen LogP contribution in [0.5, 0.6) is 0 Å². The second kappa shape index (κ2) is 6.70. The first kappa shape index (κ1) is 18.4. The van der Waals surface area contributed by atoms with Gasteiger partial charge in [-0.25, -0.2) is 0 Å². The number of hydrogen-bond donors (Lipinski definition) is 0. The average Bonchev–Trinajstić information content (AvgIpc) is 3.15. The predicted molar refractivity (Wildman–Crippen MR) is 112 cm³/mol. The van der Waals surface area contributed by atoms with Gasteiger partial charge in [-0.05, 0) is 62.8 Å². The minimum absolute atomic E-state index is 0.154. The van der Waals surface area contributed by atoms with Gasteiger partial charge in [0.05, 0.1) is 18.1 Å². The summed E-state index contributed by atoms with van der Waals surface area (Å²) in [6.45, 7) is 4.00. The maximum Gasteiger partial charge on any atom is 0.254 e. The molecule has 6 rings (SSSR count). The van der Waals surface area contributed by atoms with Crippen LogP contribution in [0, 0.1) is 37.5 Å². The first-order chi connectivity index (χ1) is 14.0. The number of hydrogen-bond acceptors (Lipinski definition) is 3. The van der Waals surface area contributed by atoms with Gasteiger partial charge in [0.25, 0.3) is 11.8 Å². The van der Waals surface area contributed by atoms with Gasteiger partial charge in [0.15, 0.2) is 0 Å². The van der Waals surface area contributed by atoms with Crippen LogP contribution in [-0.4, -0.2) is 27.6 Å². The third kappa shape index (κ3) is 2.79. The Morgan fingerprint density at radius 1 is 1.03 bits per heavy atom. The first-order valence-corrected chi connectivity index (χ1v) is 10.4. The van der Waals surface area contributed by atoms with E-state index < -0.39 is 0 Å². The molecule has 29 heavy (non-hydrogen) atoms. The molecule has 1 aromatic carbocycles. The summed E-state index contributed by atoms with van der Waals surface area (Å²) in [5.41, 5.74) is 3.85. The third-order valence-corrected chi connectivity index (χ3v) is 6.82. The summed E-state index contributed by atoms with van der Waals surface area (Å²) in [7, 11) is 0. The van der Waals surface area contributed by atoms with Gasteiger partial charge in [-0.2, -0.15) is 10.1 Å². The topological polar surface area (TPSA) is 54.7 Å². The Morgan fingerprint density at radius 2 is 1.69 bits per heavy atom. The van der Waals surface area contributed by atoms with Crippen molar-refractivity contribution in [1.82, 2.24) is 9.58 Å². The smallest absolute Gasteiger partial charge is 0.254 e. The number of aryl methyl sites for hydroxylation is 1. The highest BCUT2D eigenvalue weighted by Crippen LogP contribution is 2.49. The molecule has 2 bridgehead atoms. The number of rotatable bonds is 3. The predicted octanol–water partition coefficient (Wildman–Crippen LogP) is 4.28. The normalized spacial score (nSPS) is 28.0. The molecule has 2 amide bonds. The van der Waals surface area contributed by atoms with Crippen molar-refractivity contribution in [2.45, 2.75) is 26.7 Å². The molecule has 0 N–H and O–H groups in total. The maximum absolute atomic E-state index is 12.9. The van der Waals surface area contributed by atoms with Gasteiger partial charge in [0.2, 0.25) is 0 Å². The van der Waals surface area contributed by atoms with Gasteiger partial charge in [0.1, 0.15) is 0 Å². The van der Waals surface area contributed by atoms with Crippen molar-refractivity contribution in [3.05, 3.63) is 64.5 Å². The van der Waals surface area contributed by atoms with Crippen molar-refractivity contribution in [1.29, 1.82) is 0 Å². The molecule has 2 fully saturated rings. The van der Waals surface area contributed by atoms with E-state index >= 15 is 0 Å². The van der Waals surface area contributed by atoms with Crippen LogP contribution in [0.4, 0.5) is 0 Å². The number of benzene rings is 1. The molecule has 2 aromatic rings. The number of amides is 2. The van der Waals surface area contributed by atoms with E-state index in [1.54, 1.807) is 6.21 Å².